The molecule has 0 bridgehead atoms. The number of aromatic nitrogens is 4. The summed E-state index contributed by atoms with van der Waals surface area (Å²) >= 11 is 0. The second kappa shape index (κ2) is 4.24. The van der Waals surface area contributed by atoms with Crippen LogP contribution in [0.25, 0.3) is 22.3 Å². The number of hydrogen-bond acceptors (Lipinski definition) is 5. The van der Waals surface area contributed by atoms with Gasteiger partial charge in [0, 0.05) is 12.1 Å². The number of aromatic hydroxyl groups is 1. The molecule has 19 heavy (non-hydrogen) atoms. The Labute approximate surface area is 109 Å². The first-order chi connectivity index (χ1) is 9.20. The van der Waals surface area contributed by atoms with Crippen LogP contribution in [-0.2, 0) is 6.54 Å². The molecule has 2 heterocycles. The van der Waals surface area contributed by atoms with Crippen LogP contribution in [0.4, 0.5) is 5.82 Å². The third kappa shape index (κ3) is 1.77. The summed E-state index contributed by atoms with van der Waals surface area (Å²) in [6.07, 6.45) is 1.43. The molecule has 0 saturated carbocycles. The van der Waals surface area contributed by atoms with Gasteiger partial charge in [0.1, 0.15) is 23.6 Å². The lowest BCUT2D eigenvalue weighted by molar-refractivity contribution is 0.475. The van der Waals surface area contributed by atoms with Crippen LogP contribution in [0.1, 0.15) is 6.92 Å². The Hall–Kier alpha value is -2.63. The van der Waals surface area contributed by atoms with E-state index in [1.54, 1.807) is 22.9 Å². The number of rotatable bonds is 2. The molecule has 0 aliphatic heterocycles. The standard InChI is InChI=1S/C13H13N5O/c1-2-18-13-10(12(14)15-7-16-13)11(17-18)8-4-3-5-9(19)6-8/h3-7,19H,2H2,1H3,(H2,14,15,16). The van der Waals surface area contributed by atoms with Crippen molar-refractivity contribution in [2.24, 2.45) is 0 Å². The minimum atomic E-state index is 0.187. The molecule has 0 atom stereocenters. The molecular formula is C13H13N5O. The molecule has 3 aromatic rings. The summed E-state index contributed by atoms with van der Waals surface area (Å²) in [6.45, 7) is 2.67. The maximum Gasteiger partial charge on any atom is 0.163 e. The number of hydrogen-bond donors (Lipinski definition) is 2. The fourth-order valence-electron chi connectivity index (χ4n) is 2.11. The highest BCUT2D eigenvalue weighted by atomic mass is 16.3. The van der Waals surface area contributed by atoms with Crippen molar-refractivity contribution >= 4 is 16.9 Å². The van der Waals surface area contributed by atoms with Crippen molar-refractivity contribution in [1.29, 1.82) is 0 Å². The zero-order chi connectivity index (χ0) is 13.4. The Morgan fingerprint density at radius 3 is 2.89 bits per heavy atom. The van der Waals surface area contributed by atoms with Gasteiger partial charge in [-0.25, -0.2) is 14.6 Å². The average molecular weight is 255 g/mol. The van der Waals surface area contributed by atoms with Crippen molar-refractivity contribution in [3.63, 3.8) is 0 Å². The summed E-state index contributed by atoms with van der Waals surface area (Å²) in [7, 11) is 0. The van der Waals surface area contributed by atoms with Gasteiger partial charge in [0.25, 0.3) is 0 Å². The van der Waals surface area contributed by atoms with Crippen LogP contribution in [0, 0.1) is 0 Å². The summed E-state index contributed by atoms with van der Waals surface area (Å²) in [5.74, 6) is 0.579. The van der Waals surface area contributed by atoms with Crippen molar-refractivity contribution in [1.82, 2.24) is 19.7 Å². The van der Waals surface area contributed by atoms with E-state index in [4.69, 9.17) is 5.73 Å². The SMILES string of the molecule is CCn1nc(-c2cccc(O)c2)c2c(N)ncnc21. The van der Waals surface area contributed by atoms with Crippen LogP contribution >= 0.6 is 0 Å². The molecule has 2 aromatic heterocycles. The number of benzene rings is 1. The van der Waals surface area contributed by atoms with E-state index in [1.807, 2.05) is 13.0 Å². The smallest absolute Gasteiger partial charge is 0.163 e. The molecule has 3 rings (SSSR count). The van der Waals surface area contributed by atoms with E-state index in [0.717, 1.165) is 10.9 Å². The molecule has 0 amide bonds. The summed E-state index contributed by atoms with van der Waals surface area (Å²) < 4.78 is 1.77. The van der Waals surface area contributed by atoms with E-state index in [9.17, 15) is 5.11 Å². The van der Waals surface area contributed by atoms with Gasteiger partial charge in [0.15, 0.2) is 5.65 Å². The predicted molar refractivity (Wildman–Crippen MR) is 72.5 cm³/mol. The Kier molecular flexibility index (Phi) is 2.56. The topological polar surface area (TPSA) is 89.8 Å². The lowest BCUT2D eigenvalue weighted by Crippen LogP contribution is -1.98. The Morgan fingerprint density at radius 2 is 2.16 bits per heavy atom. The minimum Gasteiger partial charge on any atom is -0.508 e. The van der Waals surface area contributed by atoms with Crippen LogP contribution in [0.2, 0.25) is 0 Å². The molecule has 6 heteroatoms. The molecule has 0 fully saturated rings. The van der Waals surface area contributed by atoms with Crippen molar-refractivity contribution in [2.45, 2.75) is 13.5 Å². The van der Waals surface area contributed by atoms with Gasteiger partial charge in [-0.05, 0) is 19.1 Å². The quantitative estimate of drug-likeness (QED) is 0.728. The number of phenolic OH excluding ortho intramolecular Hbond substituents is 1. The highest BCUT2D eigenvalue weighted by Crippen LogP contribution is 2.31. The highest BCUT2D eigenvalue weighted by molar-refractivity contribution is 5.98. The van der Waals surface area contributed by atoms with E-state index >= 15 is 0 Å². The summed E-state index contributed by atoms with van der Waals surface area (Å²) in [5, 5.41) is 14.8. The number of fused-ring (bicyclic) bond motifs is 1. The second-order valence-electron chi connectivity index (χ2n) is 4.17. The van der Waals surface area contributed by atoms with E-state index < -0.39 is 0 Å². The van der Waals surface area contributed by atoms with Crippen molar-refractivity contribution in [3.05, 3.63) is 30.6 Å². The van der Waals surface area contributed by atoms with Gasteiger partial charge in [-0.15, -0.1) is 0 Å². The average Bonchev–Trinajstić information content (AvgIpc) is 2.79. The lowest BCUT2D eigenvalue weighted by atomic mass is 10.1. The van der Waals surface area contributed by atoms with Crippen LogP contribution in [-0.4, -0.2) is 24.9 Å². The van der Waals surface area contributed by atoms with E-state index in [-0.39, 0.29) is 5.75 Å². The summed E-state index contributed by atoms with van der Waals surface area (Å²) in [4.78, 5) is 8.24. The largest absolute Gasteiger partial charge is 0.508 e. The molecular weight excluding hydrogens is 242 g/mol. The van der Waals surface area contributed by atoms with E-state index in [0.29, 0.717) is 23.7 Å². The number of nitrogens with two attached hydrogens (primary N) is 1. The van der Waals surface area contributed by atoms with Crippen LogP contribution < -0.4 is 5.73 Å². The molecule has 0 aliphatic carbocycles. The van der Waals surface area contributed by atoms with Crippen LogP contribution in [0.5, 0.6) is 5.75 Å². The molecule has 1 aromatic carbocycles. The number of aryl methyl sites for hydroxylation is 1. The normalized spacial score (nSPS) is 11.0. The molecule has 96 valence electrons. The van der Waals surface area contributed by atoms with Gasteiger partial charge < -0.3 is 10.8 Å². The number of nitrogens with zero attached hydrogens (tertiary/aromatic N) is 4. The van der Waals surface area contributed by atoms with Gasteiger partial charge in [0.2, 0.25) is 0 Å². The first kappa shape index (κ1) is 11.5. The Balaban J connectivity index is 2.35. The second-order valence-corrected chi connectivity index (χ2v) is 4.17. The lowest BCUT2D eigenvalue weighted by Gasteiger charge is -1.99. The molecule has 0 unspecified atom stereocenters. The van der Waals surface area contributed by atoms with Gasteiger partial charge >= 0.3 is 0 Å². The first-order valence-corrected chi connectivity index (χ1v) is 5.97. The van der Waals surface area contributed by atoms with Gasteiger partial charge in [0.05, 0.1) is 5.39 Å². The monoisotopic (exact) mass is 255 g/mol. The zero-order valence-corrected chi connectivity index (χ0v) is 10.4. The fourth-order valence-corrected chi connectivity index (χ4v) is 2.11. The third-order valence-corrected chi connectivity index (χ3v) is 2.98. The van der Waals surface area contributed by atoms with Crippen molar-refractivity contribution in [2.75, 3.05) is 5.73 Å². The van der Waals surface area contributed by atoms with Crippen molar-refractivity contribution in [3.8, 4) is 17.0 Å². The van der Waals surface area contributed by atoms with Gasteiger partial charge in [-0.1, -0.05) is 12.1 Å². The molecule has 0 radical (unpaired) electrons. The molecule has 0 aliphatic rings. The number of nitrogen functional groups attached to an aromatic ring is 1. The maximum atomic E-state index is 9.58. The maximum absolute atomic E-state index is 9.58. The Bertz CT molecular complexity index is 750. The van der Waals surface area contributed by atoms with E-state index in [2.05, 4.69) is 15.1 Å². The first-order valence-electron chi connectivity index (χ1n) is 5.97. The van der Waals surface area contributed by atoms with E-state index in [1.165, 1.54) is 6.33 Å². The van der Waals surface area contributed by atoms with Gasteiger partial charge in [-0.2, -0.15) is 5.10 Å². The predicted octanol–water partition coefficient (Wildman–Crippen LogP) is 1.80. The molecule has 3 N–H and O–H groups in total. The van der Waals surface area contributed by atoms with Crippen LogP contribution in [0.3, 0.4) is 0 Å². The highest BCUT2D eigenvalue weighted by Gasteiger charge is 2.16. The van der Waals surface area contributed by atoms with Crippen LogP contribution in [0.15, 0.2) is 30.6 Å². The Morgan fingerprint density at radius 1 is 1.32 bits per heavy atom. The third-order valence-electron chi connectivity index (χ3n) is 2.98. The summed E-state index contributed by atoms with van der Waals surface area (Å²) in [5.41, 5.74) is 8.11. The number of anilines is 1. The summed E-state index contributed by atoms with van der Waals surface area (Å²) in [6, 6.07) is 6.89. The zero-order valence-electron chi connectivity index (χ0n) is 10.4. The van der Waals surface area contributed by atoms with Crippen molar-refractivity contribution < 1.29 is 5.11 Å². The number of phenols is 1. The minimum absolute atomic E-state index is 0.187. The van der Waals surface area contributed by atoms with Gasteiger partial charge in [-0.3, -0.25) is 0 Å². The fraction of sp³-hybridized carbons (Fsp3) is 0.154. The molecule has 0 spiro atoms. The molecule has 0 saturated heterocycles. The molecule has 6 nitrogen and oxygen atoms in total.